The maximum atomic E-state index is 12.0. The van der Waals surface area contributed by atoms with Crippen LogP contribution in [-0.2, 0) is 13.0 Å². The Hall–Kier alpha value is -1.76. The summed E-state index contributed by atoms with van der Waals surface area (Å²) < 4.78 is 0. The summed E-state index contributed by atoms with van der Waals surface area (Å²) in [6.07, 6.45) is 0.828. The molecule has 1 aliphatic heterocycles. The van der Waals surface area contributed by atoms with Gasteiger partial charge in [0.1, 0.15) is 0 Å². The van der Waals surface area contributed by atoms with Gasteiger partial charge in [-0.05, 0) is 31.2 Å². The van der Waals surface area contributed by atoms with E-state index in [-0.39, 0.29) is 6.03 Å². The number of amides is 2. The number of fused-ring (bicyclic) bond motifs is 1. The van der Waals surface area contributed by atoms with Gasteiger partial charge in [0.2, 0.25) is 0 Å². The summed E-state index contributed by atoms with van der Waals surface area (Å²) in [5.74, 6) is 0.559. The van der Waals surface area contributed by atoms with E-state index in [1.807, 2.05) is 0 Å². The third kappa shape index (κ3) is 3.12. The molecule has 1 aliphatic rings. The van der Waals surface area contributed by atoms with Crippen LogP contribution in [0.1, 0.15) is 11.3 Å². The number of hydrogen-bond acceptors (Lipinski definition) is 3. The van der Waals surface area contributed by atoms with E-state index in [0.717, 1.165) is 30.8 Å². The minimum absolute atomic E-state index is 0.374. The Kier molecular flexibility index (Phi) is 4.01. The topological polar surface area (TPSA) is 81.8 Å². The molecule has 110 valence electrons. The SMILES string of the molecule is O=C(Nc1ccc(Cl)c(Cl)c1)Nc1n[nH]c2c1CCNC2. The van der Waals surface area contributed by atoms with Gasteiger partial charge in [-0.3, -0.25) is 10.4 Å². The van der Waals surface area contributed by atoms with Crippen LogP contribution in [0.5, 0.6) is 0 Å². The fourth-order valence-corrected chi connectivity index (χ4v) is 2.49. The molecule has 6 nitrogen and oxygen atoms in total. The van der Waals surface area contributed by atoms with Gasteiger partial charge in [0.05, 0.1) is 15.7 Å². The van der Waals surface area contributed by atoms with Crippen molar-refractivity contribution in [3.8, 4) is 0 Å². The van der Waals surface area contributed by atoms with Crippen LogP contribution in [0.3, 0.4) is 0 Å². The summed E-state index contributed by atoms with van der Waals surface area (Å²) in [6.45, 7) is 1.61. The van der Waals surface area contributed by atoms with Gasteiger partial charge in [-0.15, -0.1) is 0 Å². The van der Waals surface area contributed by atoms with Gasteiger partial charge in [0.15, 0.2) is 5.82 Å². The molecule has 3 rings (SSSR count). The second-order valence-corrected chi connectivity index (χ2v) is 5.48. The second-order valence-electron chi connectivity index (χ2n) is 4.66. The number of aromatic amines is 1. The van der Waals surface area contributed by atoms with E-state index in [0.29, 0.717) is 21.6 Å². The number of carbonyl (C=O) groups excluding carboxylic acids is 1. The molecule has 0 saturated carbocycles. The molecule has 0 spiro atoms. The number of urea groups is 1. The molecule has 1 aromatic carbocycles. The van der Waals surface area contributed by atoms with Crippen LogP contribution in [0.25, 0.3) is 0 Å². The highest BCUT2D eigenvalue weighted by Crippen LogP contribution is 2.25. The molecule has 1 aromatic heterocycles. The zero-order valence-electron chi connectivity index (χ0n) is 11.0. The maximum Gasteiger partial charge on any atom is 0.324 e. The summed E-state index contributed by atoms with van der Waals surface area (Å²) >= 11 is 11.7. The Balaban J connectivity index is 1.69. The Morgan fingerprint density at radius 3 is 2.90 bits per heavy atom. The van der Waals surface area contributed by atoms with E-state index in [1.54, 1.807) is 18.2 Å². The van der Waals surface area contributed by atoms with E-state index in [4.69, 9.17) is 23.2 Å². The number of H-pyrrole nitrogens is 1. The van der Waals surface area contributed by atoms with Crippen LogP contribution >= 0.6 is 23.2 Å². The number of nitrogens with zero attached hydrogens (tertiary/aromatic N) is 1. The van der Waals surface area contributed by atoms with Crippen molar-refractivity contribution in [3.05, 3.63) is 39.5 Å². The second kappa shape index (κ2) is 5.93. The number of carbonyl (C=O) groups is 1. The van der Waals surface area contributed by atoms with Gasteiger partial charge >= 0.3 is 6.03 Å². The molecule has 2 heterocycles. The average Bonchev–Trinajstić information content (AvgIpc) is 2.86. The highest BCUT2D eigenvalue weighted by atomic mass is 35.5. The largest absolute Gasteiger partial charge is 0.324 e. The first kappa shape index (κ1) is 14.2. The molecular weight excluding hydrogens is 313 g/mol. The van der Waals surface area contributed by atoms with Crippen molar-refractivity contribution in [2.24, 2.45) is 0 Å². The van der Waals surface area contributed by atoms with Gasteiger partial charge in [-0.1, -0.05) is 23.2 Å². The lowest BCUT2D eigenvalue weighted by atomic mass is 10.1. The maximum absolute atomic E-state index is 12.0. The van der Waals surface area contributed by atoms with Gasteiger partial charge in [0, 0.05) is 17.8 Å². The van der Waals surface area contributed by atoms with Crippen molar-refractivity contribution in [3.63, 3.8) is 0 Å². The number of aromatic nitrogens is 2. The van der Waals surface area contributed by atoms with Crippen LogP contribution in [0.2, 0.25) is 10.0 Å². The first-order valence-corrected chi connectivity index (χ1v) is 7.19. The number of benzene rings is 1. The normalized spacial score (nSPS) is 13.6. The quantitative estimate of drug-likeness (QED) is 0.685. The van der Waals surface area contributed by atoms with Crippen molar-refractivity contribution >= 4 is 40.7 Å². The molecular formula is C13H13Cl2N5O. The molecule has 8 heteroatoms. The third-order valence-electron chi connectivity index (χ3n) is 3.22. The van der Waals surface area contributed by atoms with Crippen LogP contribution < -0.4 is 16.0 Å². The molecule has 0 radical (unpaired) electrons. The predicted molar refractivity (Wildman–Crippen MR) is 83.1 cm³/mol. The van der Waals surface area contributed by atoms with Crippen molar-refractivity contribution in [2.45, 2.75) is 13.0 Å². The van der Waals surface area contributed by atoms with E-state index < -0.39 is 0 Å². The van der Waals surface area contributed by atoms with E-state index in [9.17, 15) is 4.79 Å². The van der Waals surface area contributed by atoms with Crippen LogP contribution in [0.4, 0.5) is 16.3 Å². The molecule has 0 bridgehead atoms. The molecule has 0 saturated heterocycles. The molecule has 2 aromatic rings. The smallest absolute Gasteiger partial charge is 0.311 e. The van der Waals surface area contributed by atoms with Crippen LogP contribution in [0.15, 0.2) is 18.2 Å². The lowest BCUT2D eigenvalue weighted by Crippen LogP contribution is -2.25. The fraction of sp³-hybridized carbons (Fsp3) is 0.231. The number of hydrogen-bond donors (Lipinski definition) is 4. The summed E-state index contributed by atoms with van der Waals surface area (Å²) in [6, 6.07) is 4.52. The molecule has 4 N–H and O–H groups in total. The lowest BCUT2D eigenvalue weighted by Gasteiger charge is -2.13. The predicted octanol–water partition coefficient (Wildman–Crippen LogP) is 3.01. The highest BCUT2D eigenvalue weighted by Gasteiger charge is 2.18. The summed E-state index contributed by atoms with van der Waals surface area (Å²) in [5, 5.41) is 16.5. The van der Waals surface area contributed by atoms with E-state index in [2.05, 4.69) is 26.1 Å². The third-order valence-corrected chi connectivity index (χ3v) is 3.95. The molecule has 2 amide bonds. The lowest BCUT2D eigenvalue weighted by molar-refractivity contribution is 0.262. The molecule has 21 heavy (non-hydrogen) atoms. The average molecular weight is 326 g/mol. The molecule has 0 fully saturated rings. The fourth-order valence-electron chi connectivity index (χ4n) is 2.19. The zero-order chi connectivity index (χ0) is 14.8. The first-order chi connectivity index (χ1) is 10.1. The van der Waals surface area contributed by atoms with Crippen molar-refractivity contribution < 1.29 is 4.79 Å². The monoisotopic (exact) mass is 325 g/mol. The molecule has 0 atom stereocenters. The van der Waals surface area contributed by atoms with Gasteiger partial charge < -0.3 is 10.6 Å². The molecule has 0 aliphatic carbocycles. The minimum atomic E-state index is -0.374. The number of rotatable bonds is 2. The Bertz CT molecular complexity index is 685. The van der Waals surface area contributed by atoms with Gasteiger partial charge in [-0.25, -0.2) is 4.79 Å². The highest BCUT2D eigenvalue weighted by molar-refractivity contribution is 6.42. The summed E-state index contributed by atoms with van der Waals surface area (Å²) in [4.78, 5) is 12.0. The standard InChI is InChI=1S/C13H13Cl2N5O/c14-9-2-1-7(5-10(9)15)17-13(21)18-12-8-3-4-16-6-11(8)19-20-12/h1-2,5,16H,3-4,6H2,(H3,17,18,19,20,21). The Morgan fingerprint density at radius 2 is 2.10 bits per heavy atom. The molecule has 0 unspecified atom stereocenters. The number of anilines is 2. The first-order valence-electron chi connectivity index (χ1n) is 6.43. The van der Waals surface area contributed by atoms with E-state index >= 15 is 0 Å². The summed E-state index contributed by atoms with van der Waals surface area (Å²) in [5.41, 5.74) is 2.61. The van der Waals surface area contributed by atoms with Crippen LogP contribution in [0, 0.1) is 0 Å². The van der Waals surface area contributed by atoms with Crippen molar-refractivity contribution in [2.75, 3.05) is 17.2 Å². The summed E-state index contributed by atoms with van der Waals surface area (Å²) in [7, 11) is 0. The minimum Gasteiger partial charge on any atom is -0.311 e. The zero-order valence-corrected chi connectivity index (χ0v) is 12.5. The Morgan fingerprint density at radius 1 is 1.24 bits per heavy atom. The Labute approximate surface area is 131 Å². The van der Waals surface area contributed by atoms with Gasteiger partial charge in [-0.2, -0.15) is 5.10 Å². The van der Waals surface area contributed by atoms with E-state index in [1.165, 1.54) is 0 Å². The number of halogens is 2. The van der Waals surface area contributed by atoms with Gasteiger partial charge in [0.25, 0.3) is 0 Å². The van der Waals surface area contributed by atoms with Crippen molar-refractivity contribution in [1.82, 2.24) is 15.5 Å². The number of nitrogens with one attached hydrogen (secondary N) is 4. The van der Waals surface area contributed by atoms with Crippen LogP contribution in [-0.4, -0.2) is 22.8 Å². The van der Waals surface area contributed by atoms with Crippen molar-refractivity contribution in [1.29, 1.82) is 0 Å².